The molecule has 2 aliphatic rings. The van der Waals surface area contributed by atoms with Crippen LogP contribution in [0.15, 0.2) is 0 Å². The maximum atomic E-state index is 12.1. The lowest BCUT2D eigenvalue weighted by atomic mass is 9.99. The van der Waals surface area contributed by atoms with Crippen molar-refractivity contribution in [3.05, 3.63) is 0 Å². The summed E-state index contributed by atoms with van der Waals surface area (Å²) in [7, 11) is 1.37. The second-order valence-electron chi connectivity index (χ2n) is 5.26. The number of nitrogens with zero attached hydrogens (tertiary/aromatic N) is 2. The molecule has 7 heteroatoms. The van der Waals surface area contributed by atoms with Gasteiger partial charge in [0.05, 0.1) is 13.0 Å². The van der Waals surface area contributed by atoms with Crippen molar-refractivity contribution in [2.75, 3.05) is 39.0 Å². The van der Waals surface area contributed by atoms with Crippen LogP contribution in [0.2, 0.25) is 0 Å². The molecule has 20 heavy (non-hydrogen) atoms. The van der Waals surface area contributed by atoms with Crippen LogP contribution in [0, 0.1) is 11.8 Å². The molecule has 2 amide bonds. The van der Waals surface area contributed by atoms with Gasteiger partial charge in [-0.05, 0) is 5.92 Å². The van der Waals surface area contributed by atoms with E-state index in [-0.39, 0.29) is 29.0 Å². The molecule has 2 saturated heterocycles. The third-order valence-corrected chi connectivity index (χ3v) is 4.80. The smallest absolute Gasteiger partial charge is 0.310 e. The van der Waals surface area contributed by atoms with Crippen molar-refractivity contribution in [1.29, 1.82) is 0 Å². The van der Waals surface area contributed by atoms with Crippen molar-refractivity contribution in [2.45, 2.75) is 13.3 Å². The minimum atomic E-state index is -0.251. The Morgan fingerprint density at radius 1 is 1.40 bits per heavy atom. The van der Waals surface area contributed by atoms with Gasteiger partial charge in [-0.1, -0.05) is 18.7 Å². The second-order valence-corrected chi connectivity index (χ2v) is 6.30. The van der Waals surface area contributed by atoms with Gasteiger partial charge in [-0.25, -0.2) is 0 Å². The largest absolute Gasteiger partial charge is 0.469 e. The van der Waals surface area contributed by atoms with Gasteiger partial charge in [0.1, 0.15) is 0 Å². The van der Waals surface area contributed by atoms with Crippen LogP contribution in [0.5, 0.6) is 0 Å². The lowest BCUT2D eigenvalue weighted by molar-refractivity contribution is -0.146. The number of esters is 1. The average Bonchev–Trinajstić information content (AvgIpc) is 3.01. The van der Waals surface area contributed by atoms with Gasteiger partial charge in [0.15, 0.2) is 0 Å². The van der Waals surface area contributed by atoms with Crippen LogP contribution in [0.25, 0.3) is 0 Å². The Bertz CT molecular complexity index is 415. The first kappa shape index (κ1) is 15.2. The van der Waals surface area contributed by atoms with E-state index >= 15 is 0 Å². The predicted octanol–water partition coefficient (Wildman–Crippen LogP) is 0.813. The van der Waals surface area contributed by atoms with Crippen LogP contribution in [0.1, 0.15) is 13.3 Å². The van der Waals surface area contributed by atoms with Crippen molar-refractivity contribution in [2.24, 2.45) is 11.8 Å². The minimum absolute atomic E-state index is 0.00736. The van der Waals surface area contributed by atoms with Crippen molar-refractivity contribution in [3.63, 3.8) is 0 Å². The Balaban J connectivity index is 1.81. The summed E-state index contributed by atoms with van der Waals surface area (Å²) in [6, 6.07) is 0. The number of thioether (sulfide) groups is 1. The van der Waals surface area contributed by atoms with E-state index < -0.39 is 0 Å². The van der Waals surface area contributed by atoms with Crippen LogP contribution in [0.4, 0.5) is 4.79 Å². The maximum Gasteiger partial charge on any atom is 0.310 e. The van der Waals surface area contributed by atoms with Crippen LogP contribution < -0.4 is 0 Å². The van der Waals surface area contributed by atoms with E-state index in [9.17, 15) is 14.4 Å². The number of hydrogen-bond donors (Lipinski definition) is 0. The van der Waals surface area contributed by atoms with Crippen LogP contribution in [-0.4, -0.2) is 66.0 Å². The normalized spacial score (nSPS) is 26.2. The number of rotatable bonds is 4. The molecule has 112 valence electrons. The van der Waals surface area contributed by atoms with Gasteiger partial charge in [0.25, 0.3) is 5.24 Å². The lowest BCUT2D eigenvalue weighted by Crippen LogP contribution is -2.34. The zero-order valence-electron chi connectivity index (χ0n) is 11.8. The fourth-order valence-electron chi connectivity index (χ4n) is 2.65. The predicted molar refractivity (Wildman–Crippen MR) is 75.3 cm³/mol. The molecule has 2 fully saturated rings. The summed E-state index contributed by atoms with van der Waals surface area (Å²) < 4.78 is 4.76. The summed E-state index contributed by atoms with van der Waals surface area (Å²) in [5.41, 5.74) is 0. The third kappa shape index (κ3) is 3.26. The molecule has 0 aromatic heterocycles. The highest BCUT2D eigenvalue weighted by Crippen LogP contribution is 2.25. The summed E-state index contributed by atoms with van der Waals surface area (Å²) in [5, 5.41) is 0.0556. The highest BCUT2D eigenvalue weighted by molar-refractivity contribution is 8.13. The number of hydrogen-bond acceptors (Lipinski definition) is 5. The molecule has 0 aliphatic carbocycles. The summed E-state index contributed by atoms with van der Waals surface area (Å²) in [6.07, 6.45) is 0.326. The van der Waals surface area contributed by atoms with E-state index in [1.165, 1.54) is 18.9 Å². The van der Waals surface area contributed by atoms with Gasteiger partial charge in [-0.2, -0.15) is 0 Å². The topological polar surface area (TPSA) is 66.9 Å². The molecular formula is C13H20N2O4S. The standard InChI is InChI=1S/C13H20N2O4S/c1-9-7-15(8-10(9)12(17)19-2)11(16)3-4-14-5-6-20-13(14)18/h9-10H,3-8H2,1-2H3. The minimum Gasteiger partial charge on any atom is -0.469 e. The Hall–Kier alpha value is -1.24. The first-order chi connectivity index (χ1) is 9.52. The molecule has 0 radical (unpaired) electrons. The van der Waals surface area contributed by atoms with E-state index in [1.807, 2.05) is 6.92 Å². The Kier molecular flexibility index (Phi) is 4.91. The zero-order chi connectivity index (χ0) is 14.7. The molecule has 0 aromatic rings. The third-order valence-electron chi connectivity index (χ3n) is 3.91. The number of carbonyl (C=O) groups is 3. The van der Waals surface area contributed by atoms with E-state index in [2.05, 4.69) is 0 Å². The zero-order valence-corrected chi connectivity index (χ0v) is 12.6. The van der Waals surface area contributed by atoms with Crippen LogP contribution in [0.3, 0.4) is 0 Å². The van der Waals surface area contributed by atoms with Gasteiger partial charge in [0.2, 0.25) is 5.91 Å². The number of likely N-dealkylation sites (tertiary alicyclic amines) is 1. The molecule has 2 rings (SSSR count). The average molecular weight is 300 g/mol. The molecule has 0 spiro atoms. The first-order valence-electron chi connectivity index (χ1n) is 6.80. The van der Waals surface area contributed by atoms with Gasteiger partial charge in [-0.15, -0.1) is 0 Å². The molecule has 0 aromatic carbocycles. The number of methoxy groups -OCH3 is 1. The van der Waals surface area contributed by atoms with E-state index in [0.29, 0.717) is 26.1 Å². The highest BCUT2D eigenvalue weighted by atomic mass is 32.2. The quantitative estimate of drug-likeness (QED) is 0.719. The highest BCUT2D eigenvalue weighted by Gasteiger charge is 2.37. The monoisotopic (exact) mass is 300 g/mol. The molecular weight excluding hydrogens is 280 g/mol. The number of amides is 2. The fourth-order valence-corrected chi connectivity index (χ4v) is 3.50. The van der Waals surface area contributed by atoms with Gasteiger partial charge < -0.3 is 14.5 Å². The molecule has 0 bridgehead atoms. The van der Waals surface area contributed by atoms with E-state index in [1.54, 1.807) is 9.80 Å². The Labute approximate surface area is 122 Å². The van der Waals surface area contributed by atoms with Crippen molar-refractivity contribution >= 4 is 28.9 Å². The molecule has 2 atom stereocenters. The van der Waals surface area contributed by atoms with Gasteiger partial charge in [0, 0.05) is 38.4 Å². The SMILES string of the molecule is COC(=O)C1CN(C(=O)CCN2CCSC2=O)CC1C. The van der Waals surface area contributed by atoms with Gasteiger partial charge >= 0.3 is 5.97 Å². The van der Waals surface area contributed by atoms with Crippen molar-refractivity contribution in [1.82, 2.24) is 9.80 Å². The van der Waals surface area contributed by atoms with Gasteiger partial charge in [-0.3, -0.25) is 14.4 Å². The summed E-state index contributed by atoms with van der Waals surface area (Å²) in [5.74, 6) is 0.452. The molecule has 2 heterocycles. The number of ether oxygens (including phenoxy) is 1. The Morgan fingerprint density at radius 3 is 2.75 bits per heavy atom. The summed E-state index contributed by atoms with van der Waals surface area (Å²) >= 11 is 1.30. The Morgan fingerprint density at radius 2 is 2.15 bits per heavy atom. The van der Waals surface area contributed by atoms with E-state index in [0.717, 1.165) is 12.3 Å². The molecule has 0 saturated carbocycles. The lowest BCUT2D eigenvalue weighted by Gasteiger charge is -2.19. The molecule has 0 N–H and O–H groups in total. The van der Waals surface area contributed by atoms with Crippen molar-refractivity contribution in [3.8, 4) is 0 Å². The second kappa shape index (κ2) is 6.47. The molecule has 2 aliphatic heterocycles. The van der Waals surface area contributed by atoms with Crippen LogP contribution >= 0.6 is 11.8 Å². The fraction of sp³-hybridized carbons (Fsp3) is 0.769. The van der Waals surface area contributed by atoms with E-state index in [4.69, 9.17) is 4.74 Å². The number of carbonyl (C=O) groups excluding carboxylic acids is 3. The molecule has 6 nitrogen and oxygen atoms in total. The first-order valence-corrected chi connectivity index (χ1v) is 7.78. The summed E-state index contributed by atoms with van der Waals surface area (Å²) in [6.45, 7) is 4.16. The van der Waals surface area contributed by atoms with Crippen molar-refractivity contribution < 1.29 is 19.1 Å². The summed E-state index contributed by atoms with van der Waals surface area (Å²) in [4.78, 5) is 38.6. The van der Waals surface area contributed by atoms with Crippen LogP contribution in [-0.2, 0) is 14.3 Å². The molecule has 2 unspecified atom stereocenters. The maximum absolute atomic E-state index is 12.1.